The fourth-order valence-corrected chi connectivity index (χ4v) is 2.76. The maximum Gasteiger partial charge on any atom is 0.326 e. The molecule has 0 aliphatic rings. The van der Waals surface area contributed by atoms with E-state index in [9.17, 15) is 14.4 Å². The van der Waals surface area contributed by atoms with Crippen molar-refractivity contribution in [1.29, 1.82) is 0 Å². The highest BCUT2D eigenvalue weighted by Crippen LogP contribution is 2.22. The summed E-state index contributed by atoms with van der Waals surface area (Å²) in [6.45, 7) is 0. The van der Waals surface area contributed by atoms with Gasteiger partial charge in [0.25, 0.3) is 5.91 Å². The van der Waals surface area contributed by atoms with Gasteiger partial charge in [0.2, 0.25) is 0 Å². The third-order valence-electron chi connectivity index (χ3n) is 2.64. The summed E-state index contributed by atoms with van der Waals surface area (Å²) >= 11 is 6.50. The summed E-state index contributed by atoms with van der Waals surface area (Å²) in [7, 11) is 1.22. The van der Waals surface area contributed by atoms with Crippen molar-refractivity contribution < 1.29 is 24.2 Å². The molecule has 2 N–H and O–H groups in total. The van der Waals surface area contributed by atoms with Gasteiger partial charge in [0.05, 0.1) is 12.7 Å². The number of carboxylic acid groups (broad SMARTS) is 1. The summed E-state index contributed by atoms with van der Waals surface area (Å²) in [4.78, 5) is 34.2. The lowest BCUT2D eigenvalue weighted by molar-refractivity contribution is -0.142. The van der Waals surface area contributed by atoms with E-state index in [2.05, 4.69) is 41.9 Å². The van der Waals surface area contributed by atoms with E-state index in [1.54, 1.807) is 18.2 Å². The third kappa shape index (κ3) is 5.47. The molecule has 0 heterocycles. The number of aliphatic carboxylic acids is 1. The van der Waals surface area contributed by atoms with Crippen LogP contribution in [0, 0.1) is 0 Å². The standard InChI is InChI=1S/C13H13Br2NO5/c1-21-11(17)5-4-10(13(19)20)16-12(18)8-3-2-7(14)6-9(8)15/h2-3,6,10H,4-5H2,1H3,(H,16,18)(H,19,20). The predicted octanol–water partition coefficient (Wildman–Crippen LogP) is 2.35. The highest BCUT2D eigenvalue weighted by atomic mass is 79.9. The topological polar surface area (TPSA) is 92.7 Å². The third-order valence-corrected chi connectivity index (χ3v) is 3.79. The number of hydrogen-bond donors (Lipinski definition) is 2. The average Bonchev–Trinajstić information content (AvgIpc) is 2.42. The molecular weight excluding hydrogens is 410 g/mol. The van der Waals surface area contributed by atoms with Gasteiger partial charge in [-0.1, -0.05) is 15.9 Å². The van der Waals surface area contributed by atoms with Crippen molar-refractivity contribution >= 4 is 49.7 Å². The Hall–Kier alpha value is -1.41. The first kappa shape index (κ1) is 17.6. The first-order chi connectivity index (χ1) is 9.85. The van der Waals surface area contributed by atoms with Gasteiger partial charge in [-0.25, -0.2) is 4.79 Å². The van der Waals surface area contributed by atoms with Gasteiger partial charge in [-0.2, -0.15) is 0 Å². The van der Waals surface area contributed by atoms with Gasteiger partial charge in [-0.15, -0.1) is 0 Å². The van der Waals surface area contributed by atoms with Crippen molar-refractivity contribution in [2.24, 2.45) is 0 Å². The van der Waals surface area contributed by atoms with Crippen LogP contribution in [0.15, 0.2) is 27.1 Å². The van der Waals surface area contributed by atoms with E-state index < -0.39 is 23.9 Å². The number of carbonyl (C=O) groups is 3. The second-order valence-electron chi connectivity index (χ2n) is 4.10. The molecule has 21 heavy (non-hydrogen) atoms. The van der Waals surface area contributed by atoms with Crippen molar-refractivity contribution in [3.63, 3.8) is 0 Å². The lowest BCUT2D eigenvalue weighted by Crippen LogP contribution is -2.41. The average molecular weight is 423 g/mol. The quantitative estimate of drug-likeness (QED) is 0.686. The van der Waals surface area contributed by atoms with Gasteiger partial charge in [0.1, 0.15) is 6.04 Å². The van der Waals surface area contributed by atoms with Crippen molar-refractivity contribution in [3.05, 3.63) is 32.7 Å². The number of carboxylic acids is 1. The number of amides is 1. The van der Waals surface area contributed by atoms with Crippen LogP contribution in [0.2, 0.25) is 0 Å². The predicted molar refractivity (Wildman–Crippen MR) is 82.0 cm³/mol. The number of esters is 1. The van der Waals surface area contributed by atoms with Gasteiger partial charge in [-0.05, 0) is 40.5 Å². The maximum atomic E-state index is 12.1. The summed E-state index contributed by atoms with van der Waals surface area (Å²) in [5.41, 5.74) is 0.308. The van der Waals surface area contributed by atoms with Crippen LogP contribution in [-0.2, 0) is 14.3 Å². The Morgan fingerprint density at radius 2 is 2.00 bits per heavy atom. The Labute approximate surface area is 138 Å². The molecule has 0 saturated carbocycles. The first-order valence-corrected chi connectivity index (χ1v) is 7.49. The van der Waals surface area contributed by atoms with E-state index in [-0.39, 0.29) is 12.8 Å². The SMILES string of the molecule is COC(=O)CCC(NC(=O)c1ccc(Br)cc1Br)C(=O)O. The molecule has 1 amide bonds. The molecule has 6 nitrogen and oxygen atoms in total. The number of hydrogen-bond acceptors (Lipinski definition) is 4. The van der Waals surface area contributed by atoms with Crippen LogP contribution in [0.5, 0.6) is 0 Å². The van der Waals surface area contributed by atoms with Gasteiger partial charge >= 0.3 is 11.9 Å². The van der Waals surface area contributed by atoms with E-state index >= 15 is 0 Å². The minimum atomic E-state index is -1.21. The number of rotatable bonds is 6. The summed E-state index contributed by atoms with van der Waals surface area (Å²) in [6.07, 6.45) is -0.128. The molecule has 0 fully saturated rings. The zero-order valence-corrected chi connectivity index (χ0v) is 14.2. The molecule has 0 aromatic heterocycles. The summed E-state index contributed by atoms with van der Waals surface area (Å²) in [5, 5.41) is 11.5. The van der Waals surface area contributed by atoms with E-state index in [0.29, 0.717) is 10.0 Å². The largest absolute Gasteiger partial charge is 0.480 e. The molecule has 8 heteroatoms. The molecule has 114 valence electrons. The Bertz CT molecular complexity index is 561. The number of methoxy groups -OCH3 is 1. The molecule has 0 aliphatic heterocycles. The molecule has 0 spiro atoms. The zero-order chi connectivity index (χ0) is 16.0. The van der Waals surface area contributed by atoms with Crippen LogP contribution < -0.4 is 5.32 Å². The lowest BCUT2D eigenvalue weighted by Gasteiger charge is -2.14. The number of ether oxygens (including phenoxy) is 1. The van der Waals surface area contributed by atoms with E-state index in [1.807, 2.05) is 0 Å². The molecule has 0 bridgehead atoms. The summed E-state index contributed by atoms with van der Waals surface area (Å²) in [5.74, 6) is -2.27. The number of nitrogens with one attached hydrogen (secondary N) is 1. The maximum absolute atomic E-state index is 12.1. The Kier molecular flexibility index (Phi) is 6.83. The van der Waals surface area contributed by atoms with Crippen LogP contribution in [0.1, 0.15) is 23.2 Å². The fraction of sp³-hybridized carbons (Fsp3) is 0.308. The molecule has 0 saturated heterocycles. The minimum absolute atomic E-state index is 0.0398. The van der Waals surface area contributed by atoms with Crippen LogP contribution in [0.3, 0.4) is 0 Å². The second-order valence-corrected chi connectivity index (χ2v) is 5.87. The van der Waals surface area contributed by atoms with E-state index in [0.717, 1.165) is 4.47 Å². The second kappa shape index (κ2) is 8.14. The molecule has 1 atom stereocenters. The number of halogens is 2. The van der Waals surface area contributed by atoms with Crippen LogP contribution in [0.25, 0.3) is 0 Å². The van der Waals surface area contributed by atoms with Crippen molar-refractivity contribution in [2.75, 3.05) is 7.11 Å². The smallest absolute Gasteiger partial charge is 0.326 e. The molecule has 1 aromatic rings. The lowest BCUT2D eigenvalue weighted by atomic mass is 10.1. The normalized spacial score (nSPS) is 11.6. The minimum Gasteiger partial charge on any atom is -0.480 e. The summed E-state index contributed by atoms with van der Waals surface area (Å²) < 4.78 is 5.76. The van der Waals surface area contributed by atoms with Gasteiger partial charge in [0.15, 0.2) is 0 Å². The van der Waals surface area contributed by atoms with Gasteiger partial charge in [-0.3, -0.25) is 9.59 Å². The highest BCUT2D eigenvalue weighted by Gasteiger charge is 2.22. The van der Waals surface area contributed by atoms with Crippen molar-refractivity contribution in [3.8, 4) is 0 Å². The Morgan fingerprint density at radius 3 is 2.52 bits per heavy atom. The molecular formula is C13H13Br2NO5. The van der Waals surface area contributed by atoms with E-state index in [4.69, 9.17) is 5.11 Å². The zero-order valence-electron chi connectivity index (χ0n) is 11.1. The Morgan fingerprint density at radius 1 is 1.33 bits per heavy atom. The van der Waals surface area contributed by atoms with Crippen molar-refractivity contribution in [2.45, 2.75) is 18.9 Å². The van der Waals surface area contributed by atoms with Gasteiger partial charge in [0, 0.05) is 15.4 Å². The summed E-state index contributed by atoms with van der Waals surface area (Å²) in [6, 6.07) is 3.75. The molecule has 1 rings (SSSR count). The van der Waals surface area contributed by atoms with Crippen LogP contribution >= 0.6 is 31.9 Å². The molecule has 0 aliphatic carbocycles. The first-order valence-electron chi connectivity index (χ1n) is 5.90. The fourth-order valence-electron chi connectivity index (χ4n) is 1.53. The van der Waals surface area contributed by atoms with Crippen molar-refractivity contribution in [1.82, 2.24) is 5.32 Å². The van der Waals surface area contributed by atoms with Gasteiger partial charge < -0.3 is 15.2 Å². The van der Waals surface area contributed by atoms with Crippen LogP contribution in [-0.4, -0.2) is 36.1 Å². The monoisotopic (exact) mass is 421 g/mol. The molecule has 1 aromatic carbocycles. The van der Waals surface area contributed by atoms with Crippen LogP contribution in [0.4, 0.5) is 0 Å². The highest BCUT2D eigenvalue weighted by molar-refractivity contribution is 9.11. The van der Waals surface area contributed by atoms with E-state index in [1.165, 1.54) is 7.11 Å². The number of carbonyl (C=O) groups excluding carboxylic acids is 2. The Balaban J connectivity index is 2.76. The molecule has 0 radical (unpaired) electrons. The molecule has 1 unspecified atom stereocenters. The number of benzene rings is 1.